The Morgan fingerprint density at radius 2 is 2.07 bits per heavy atom. The SMILES string of the molecule is COC(=O)c1cnc(NCc2sc(-c3ccccc3)nc2C)c([N+](=O)[O-])c1. The fourth-order valence-corrected chi connectivity index (χ4v) is 3.43. The minimum absolute atomic E-state index is 0.0232. The Bertz CT molecular complexity index is 988. The topological polar surface area (TPSA) is 107 Å². The lowest BCUT2D eigenvalue weighted by Gasteiger charge is -2.06. The number of esters is 1. The number of ether oxygens (including phenoxy) is 1. The highest BCUT2D eigenvalue weighted by Gasteiger charge is 2.20. The van der Waals surface area contributed by atoms with Crippen molar-refractivity contribution in [2.24, 2.45) is 0 Å². The number of aromatic nitrogens is 2. The van der Waals surface area contributed by atoms with Gasteiger partial charge in [0.05, 0.1) is 29.8 Å². The van der Waals surface area contributed by atoms with E-state index in [-0.39, 0.29) is 17.1 Å². The number of carbonyl (C=O) groups is 1. The third kappa shape index (κ3) is 4.09. The highest BCUT2D eigenvalue weighted by atomic mass is 32.1. The van der Waals surface area contributed by atoms with Crippen molar-refractivity contribution in [1.82, 2.24) is 9.97 Å². The molecule has 3 aromatic rings. The average Bonchev–Trinajstić information content (AvgIpc) is 3.07. The number of hydrogen-bond donors (Lipinski definition) is 1. The van der Waals surface area contributed by atoms with E-state index in [1.807, 2.05) is 37.3 Å². The van der Waals surface area contributed by atoms with Crippen LogP contribution in [-0.2, 0) is 11.3 Å². The number of benzene rings is 1. The van der Waals surface area contributed by atoms with E-state index >= 15 is 0 Å². The van der Waals surface area contributed by atoms with Crippen LogP contribution >= 0.6 is 11.3 Å². The highest BCUT2D eigenvalue weighted by Crippen LogP contribution is 2.29. The zero-order valence-corrected chi connectivity index (χ0v) is 15.4. The predicted octanol–water partition coefficient (Wildman–Crippen LogP) is 3.82. The summed E-state index contributed by atoms with van der Waals surface area (Å²) in [6, 6.07) is 10.9. The summed E-state index contributed by atoms with van der Waals surface area (Å²) < 4.78 is 4.57. The lowest BCUT2D eigenvalue weighted by Crippen LogP contribution is -2.08. The number of nitrogens with zero attached hydrogens (tertiary/aromatic N) is 3. The molecule has 0 aliphatic rings. The molecule has 1 N–H and O–H groups in total. The summed E-state index contributed by atoms with van der Waals surface area (Å²) >= 11 is 1.51. The zero-order chi connectivity index (χ0) is 19.4. The van der Waals surface area contributed by atoms with Crippen LogP contribution < -0.4 is 5.32 Å². The van der Waals surface area contributed by atoms with Crippen molar-refractivity contribution in [3.8, 4) is 10.6 Å². The molecule has 138 valence electrons. The van der Waals surface area contributed by atoms with E-state index in [0.717, 1.165) is 27.2 Å². The Kier molecular flexibility index (Phi) is 5.41. The van der Waals surface area contributed by atoms with Crippen LogP contribution in [0.1, 0.15) is 20.9 Å². The van der Waals surface area contributed by atoms with Crippen LogP contribution in [-0.4, -0.2) is 28.0 Å². The molecule has 0 unspecified atom stereocenters. The first-order valence-electron chi connectivity index (χ1n) is 7.98. The van der Waals surface area contributed by atoms with Gasteiger partial charge in [-0.2, -0.15) is 0 Å². The van der Waals surface area contributed by atoms with Gasteiger partial charge in [-0.25, -0.2) is 14.8 Å². The van der Waals surface area contributed by atoms with Crippen LogP contribution in [0.25, 0.3) is 10.6 Å². The van der Waals surface area contributed by atoms with Gasteiger partial charge >= 0.3 is 11.7 Å². The van der Waals surface area contributed by atoms with Crippen LogP contribution in [0.4, 0.5) is 11.5 Å². The van der Waals surface area contributed by atoms with E-state index in [2.05, 4.69) is 20.0 Å². The third-order valence-electron chi connectivity index (χ3n) is 3.82. The van der Waals surface area contributed by atoms with Gasteiger partial charge in [0.1, 0.15) is 5.01 Å². The summed E-state index contributed by atoms with van der Waals surface area (Å²) in [5.74, 6) is -0.593. The lowest BCUT2D eigenvalue weighted by atomic mass is 10.2. The molecule has 0 radical (unpaired) electrons. The smallest absolute Gasteiger partial charge is 0.339 e. The van der Waals surface area contributed by atoms with Gasteiger partial charge < -0.3 is 10.1 Å². The summed E-state index contributed by atoms with van der Waals surface area (Å²) in [7, 11) is 1.21. The predicted molar refractivity (Wildman–Crippen MR) is 102 cm³/mol. The molecule has 0 fully saturated rings. The van der Waals surface area contributed by atoms with Gasteiger partial charge in [0.25, 0.3) is 0 Å². The van der Waals surface area contributed by atoms with Gasteiger partial charge in [-0.1, -0.05) is 30.3 Å². The Balaban J connectivity index is 1.82. The molecule has 2 aromatic heterocycles. The minimum atomic E-state index is -0.678. The number of anilines is 1. The van der Waals surface area contributed by atoms with Crippen molar-refractivity contribution in [1.29, 1.82) is 0 Å². The van der Waals surface area contributed by atoms with Gasteiger partial charge in [-0.15, -0.1) is 11.3 Å². The maximum atomic E-state index is 11.5. The van der Waals surface area contributed by atoms with Crippen LogP contribution in [0.2, 0.25) is 0 Å². The number of hydrogen-bond acceptors (Lipinski definition) is 8. The number of carbonyl (C=O) groups excluding carboxylic acids is 1. The largest absolute Gasteiger partial charge is 0.465 e. The van der Waals surface area contributed by atoms with Crippen molar-refractivity contribution < 1.29 is 14.5 Å². The fraction of sp³-hybridized carbons (Fsp3) is 0.167. The summed E-state index contributed by atoms with van der Waals surface area (Å²) in [5.41, 5.74) is 1.60. The van der Waals surface area contributed by atoms with Crippen molar-refractivity contribution in [2.75, 3.05) is 12.4 Å². The zero-order valence-electron chi connectivity index (χ0n) is 14.6. The number of rotatable bonds is 6. The molecule has 0 saturated heterocycles. The standard InChI is InChI=1S/C18H16N4O4S/c1-11-15(27-17(21-11)12-6-4-3-5-7-12)10-20-16-14(22(24)25)8-13(9-19-16)18(23)26-2/h3-9H,10H2,1-2H3,(H,19,20). The number of nitro groups is 1. The molecule has 2 heterocycles. The van der Waals surface area contributed by atoms with E-state index in [1.54, 1.807) is 0 Å². The fourth-order valence-electron chi connectivity index (χ4n) is 2.42. The molecule has 9 heteroatoms. The van der Waals surface area contributed by atoms with Gasteiger partial charge in [0.15, 0.2) is 0 Å². The minimum Gasteiger partial charge on any atom is -0.465 e. The van der Waals surface area contributed by atoms with E-state index in [4.69, 9.17) is 0 Å². The summed E-state index contributed by atoms with van der Waals surface area (Å²) in [6.07, 6.45) is 1.25. The molecule has 1 aromatic carbocycles. The Labute approximate surface area is 159 Å². The van der Waals surface area contributed by atoms with Gasteiger partial charge in [-0.05, 0) is 6.92 Å². The molecule has 0 atom stereocenters. The Morgan fingerprint density at radius 3 is 2.74 bits per heavy atom. The van der Waals surface area contributed by atoms with Crippen LogP contribution in [0.5, 0.6) is 0 Å². The lowest BCUT2D eigenvalue weighted by molar-refractivity contribution is -0.384. The van der Waals surface area contributed by atoms with E-state index in [9.17, 15) is 14.9 Å². The highest BCUT2D eigenvalue weighted by molar-refractivity contribution is 7.15. The second kappa shape index (κ2) is 7.92. The van der Waals surface area contributed by atoms with Gasteiger partial charge in [0.2, 0.25) is 5.82 Å². The van der Waals surface area contributed by atoms with Crippen molar-refractivity contribution in [3.63, 3.8) is 0 Å². The average molecular weight is 384 g/mol. The monoisotopic (exact) mass is 384 g/mol. The van der Waals surface area contributed by atoms with Gasteiger partial charge in [0, 0.05) is 22.7 Å². The normalized spacial score (nSPS) is 10.4. The van der Waals surface area contributed by atoms with Crippen LogP contribution in [0.15, 0.2) is 42.6 Å². The van der Waals surface area contributed by atoms with Crippen LogP contribution in [0.3, 0.4) is 0 Å². The van der Waals surface area contributed by atoms with E-state index in [0.29, 0.717) is 6.54 Å². The molecule has 0 bridgehead atoms. The molecular weight excluding hydrogens is 368 g/mol. The Hall–Kier alpha value is -3.33. The number of methoxy groups -OCH3 is 1. The molecule has 8 nitrogen and oxygen atoms in total. The summed E-state index contributed by atoms with van der Waals surface area (Å²) in [5, 5.41) is 15.2. The first-order chi connectivity index (χ1) is 13.0. The molecule has 3 rings (SSSR count). The molecule has 0 aliphatic heterocycles. The van der Waals surface area contributed by atoms with Crippen molar-refractivity contribution >= 4 is 28.8 Å². The van der Waals surface area contributed by atoms with E-state index in [1.165, 1.54) is 24.6 Å². The molecular formula is C18H16N4O4S. The third-order valence-corrected chi connectivity index (χ3v) is 5.02. The summed E-state index contributed by atoms with van der Waals surface area (Å²) in [4.78, 5) is 31.8. The Morgan fingerprint density at radius 1 is 1.33 bits per heavy atom. The maximum Gasteiger partial charge on any atom is 0.339 e. The number of aryl methyl sites for hydroxylation is 1. The molecule has 0 spiro atoms. The van der Waals surface area contributed by atoms with Crippen LogP contribution in [0, 0.1) is 17.0 Å². The second-order valence-electron chi connectivity index (χ2n) is 5.59. The van der Waals surface area contributed by atoms with E-state index < -0.39 is 10.9 Å². The molecule has 0 aliphatic carbocycles. The van der Waals surface area contributed by atoms with Crippen molar-refractivity contribution in [2.45, 2.75) is 13.5 Å². The van der Waals surface area contributed by atoms with Crippen molar-refractivity contribution in [3.05, 3.63) is 68.8 Å². The molecule has 27 heavy (non-hydrogen) atoms. The van der Waals surface area contributed by atoms with Gasteiger partial charge in [-0.3, -0.25) is 10.1 Å². The molecule has 0 saturated carbocycles. The second-order valence-corrected chi connectivity index (χ2v) is 6.67. The quantitative estimate of drug-likeness (QED) is 0.391. The first-order valence-corrected chi connectivity index (χ1v) is 8.79. The number of thiazole rings is 1. The number of nitrogens with one attached hydrogen (secondary N) is 1. The maximum absolute atomic E-state index is 11.5. The number of pyridine rings is 1. The summed E-state index contributed by atoms with van der Waals surface area (Å²) in [6.45, 7) is 2.23. The molecule has 0 amide bonds. The first kappa shape index (κ1) is 18.5.